The molecule has 0 spiro atoms. The Morgan fingerprint density at radius 1 is 1.80 bits per heavy atom. The Bertz CT molecular complexity index is 14.4. The maximum atomic E-state index is 5.12. The Balaban J connectivity index is 2.19. The quantitative estimate of drug-likeness (QED) is 0.450. The van der Waals surface area contributed by atoms with Gasteiger partial charge in [0.15, 0.2) is 0 Å². The van der Waals surface area contributed by atoms with Crippen LogP contribution >= 0.6 is 11.8 Å². The van der Waals surface area contributed by atoms with Gasteiger partial charge in [0.05, 0.1) is 7.85 Å². The SMILES string of the molecule is [B]CCSC. The number of thioether (sulfide) groups is 1. The molecule has 0 aliphatic rings. The van der Waals surface area contributed by atoms with E-state index in [1.165, 1.54) is 0 Å². The molecule has 0 heterocycles. The van der Waals surface area contributed by atoms with E-state index < -0.39 is 0 Å². The molecule has 0 aromatic heterocycles. The van der Waals surface area contributed by atoms with Gasteiger partial charge in [-0.05, 0) is 12.0 Å². The van der Waals surface area contributed by atoms with Crippen LogP contribution in [0.4, 0.5) is 0 Å². The summed E-state index contributed by atoms with van der Waals surface area (Å²) in [6.07, 6.45) is 2.86. The molecule has 5 heavy (non-hydrogen) atoms. The Hall–Kier alpha value is 0.415. The van der Waals surface area contributed by atoms with Crippen LogP contribution in [0.5, 0.6) is 0 Å². The second-order valence-corrected chi connectivity index (χ2v) is 1.77. The molecule has 28 valence electrons. The lowest BCUT2D eigenvalue weighted by molar-refractivity contribution is 1.51. The second kappa shape index (κ2) is 4.41. The van der Waals surface area contributed by atoms with E-state index >= 15 is 0 Å². The van der Waals surface area contributed by atoms with Gasteiger partial charge < -0.3 is 0 Å². The monoisotopic (exact) mass is 86.0 g/mol. The van der Waals surface area contributed by atoms with E-state index in [0.717, 1.165) is 12.1 Å². The van der Waals surface area contributed by atoms with Crippen molar-refractivity contribution in [1.29, 1.82) is 0 Å². The number of hydrogen-bond acceptors (Lipinski definition) is 1. The summed E-state index contributed by atoms with van der Waals surface area (Å²) in [5.41, 5.74) is 0. The normalized spacial score (nSPS) is 8.20. The first kappa shape index (κ1) is 5.41. The van der Waals surface area contributed by atoms with Crippen LogP contribution < -0.4 is 0 Å². The van der Waals surface area contributed by atoms with E-state index in [2.05, 4.69) is 0 Å². The molecule has 0 amide bonds. The largest absolute Gasteiger partial charge is 0.166 e. The molecule has 0 saturated heterocycles. The van der Waals surface area contributed by atoms with Gasteiger partial charge in [0.1, 0.15) is 0 Å². The molecule has 2 heteroatoms. The van der Waals surface area contributed by atoms with Crippen LogP contribution in [-0.2, 0) is 0 Å². The van der Waals surface area contributed by atoms with Crippen LogP contribution in [0, 0.1) is 0 Å². The first-order chi connectivity index (χ1) is 2.41. The molecular weight excluding hydrogens is 78.9 g/mol. The van der Waals surface area contributed by atoms with Crippen molar-refractivity contribution < 1.29 is 0 Å². The summed E-state index contributed by atoms with van der Waals surface area (Å²) in [6, 6.07) is 0. The maximum Gasteiger partial charge on any atom is 0.0664 e. The lowest BCUT2D eigenvalue weighted by Gasteiger charge is -1.80. The van der Waals surface area contributed by atoms with E-state index in [1.54, 1.807) is 11.8 Å². The Morgan fingerprint density at radius 3 is 2.40 bits per heavy atom. The predicted octanol–water partition coefficient (Wildman–Crippen LogP) is 0.936. The fraction of sp³-hybridized carbons (Fsp3) is 1.00. The van der Waals surface area contributed by atoms with Crippen molar-refractivity contribution in [3.05, 3.63) is 0 Å². The van der Waals surface area contributed by atoms with Crippen LogP contribution in [-0.4, -0.2) is 19.9 Å². The van der Waals surface area contributed by atoms with E-state index in [0.29, 0.717) is 0 Å². The zero-order chi connectivity index (χ0) is 4.12. The zero-order valence-corrected chi connectivity index (χ0v) is 4.22. The van der Waals surface area contributed by atoms with Gasteiger partial charge in [-0.15, -0.1) is 0 Å². The van der Waals surface area contributed by atoms with Crippen LogP contribution in [0.2, 0.25) is 6.32 Å². The molecule has 0 unspecified atom stereocenters. The van der Waals surface area contributed by atoms with Crippen molar-refractivity contribution >= 4 is 19.6 Å². The van der Waals surface area contributed by atoms with E-state index in [9.17, 15) is 0 Å². The Morgan fingerprint density at radius 2 is 2.40 bits per heavy atom. The second-order valence-electron chi connectivity index (χ2n) is 0.781. The average molecular weight is 86.0 g/mol. The first-order valence-electron chi connectivity index (χ1n) is 1.61. The predicted molar refractivity (Wildman–Crippen MR) is 28.9 cm³/mol. The molecular formula is C3H7BS. The van der Waals surface area contributed by atoms with E-state index in [4.69, 9.17) is 7.85 Å². The van der Waals surface area contributed by atoms with Crippen molar-refractivity contribution in [3.8, 4) is 0 Å². The molecule has 0 aromatic rings. The van der Waals surface area contributed by atoms with Crippen LogP contribution in [0.25, 0.3) is 0 Å². The maximum absolute atomic E-state index is 5.12. The van der Waals surface area contributed by atoms with Gasteiger partial charge in [-0.3, -0.25) is 0 Å². The fourth-order valence-corrected chi connectivity index (χ4v) is 0.354. The molecule has 0 aliphatic heterocycles. The molecule has 0 saturated carbocycles. The molecule has 0 nitrogen and oxygen atoms in total. The third-order valence-corrected chi connectivity index (χ3v) is 0.966. The highest BCUT2D eigenvalue weighted by Gasteiger charge is 1.67. The van der Waals surface area contributed by atoms with Gasteiger partial charge in [-0.2, -0.15) is 11.8 Å². The highest BCUT2D eigenvalue weighted by molar-refractivity contribution is 7.98. The van der Waals surface area contributed by atoms with Crippen LogP contribution in [0.15, 0.2) is 0 Å². The summed E-state index contributed by atoms with van der Waals surface area (Å²) in [5.74, 6) is 1.08. The van der Waals surface area contributed by atoms with Gasteiger partial charge >= 0.3 is 0 Å². The summed E-state index contributed by atoms with van der Waals surface area (Å²) < 4.78 is 0. The van der Waals surface area contributed by atoms with Crippen LogP contribution in [0.3, 0.4) is 0 Å². The van der Waals surface area contributed by atoms with Gasteiger partial charge in [-0.25, -0.2) is 0 Å². The third-order valence-electron chi connectivity index (χ3n) is 0.322. The van der Waals surface area contributed by atoms with E-state index in [-0.39, 0.29) is 0 Å². The highest BCUT2D eigenvalue weighted by Crippen LogP contribution is 1.90. The van der Waals surface area contributed by atoms with Gasteiger partial charge in [0, 0.05) is 0 Å². The molecule has 0 atom stereocenters. The molecule has 0 bridgehead atoms. The van der Waals surface area contributed by atoms with Crippen molar-refractivity contribution in [1.82, 2.24) is 0 Å². The van der Waals surface area contributed by atoms with Crippen LogP contribution in [0.1, 0.15) is 0 Å². The summed E-state index contributed by atoms with van der Waals surface area (Å²) >= 11 is 1.78. The number of rotatable bonds is 2. The number of hydrogen-bond donors (Lipinski definition) is 0. The fourth-order valence-electron chi connectivity index (χ4n) is 0.118. The smallest absolute Gasteiger partial charge is 0.0664 e. The summed E-state index contributed by atoms with van der Waals surface area (Å²) in [5, 5.41) is 0. The minimum absolute atomic E-state index is 0.807. The molecule has 0 fully saturated rings. The average Bonchev–Trinajstić information content (AvgIpc) is 1.41. The standard InChI is InChI=1S/C3H7BS/c1-5-3-2-4/h2-3H2,1H3. The molecule has 0 N–H and O–H groups in total. The Kier molecular flexibility index (Phi) is 4.78. The van der Waals surface area contributed by atoms with Crippen molar-refractivity contribution in [2.75, 3.05) is 12.0 Å². The molecule has 0 rings (SSSR count). The third kappa shape index (κ3) is 4.41. The Labute approximate surface area is 38.7 Å². The van der Waals surface area contributed by atoms with Crippen molar-refractivity contribution in [2.45, 2.75) is 6.32 Å². The zero-order valence-electron chi connectivity index (χ0n) is 3.40. The van der Waals surface area contributed by atoms with Gasteiger partial charge in [0.2, 0.25) is 0 Å². The van der Waals surface area contributed by atoms with Crippen molar-refractivity contribution in [2.24, 2.45) is 0 Å². The molecule has 0 aromatic carbocycles. The van der Waals surface area contributed by atoms with Gasteiger partial charge in [0.25, 0.3) is 0 Å². The molecule has 0 aliphatic carbocycles. The lowest BCUT2D eigenvalue weighted by atomic mass is 10.1. The molecule has 2 radical (unpaired) electrons. The lowest BCUT2D eigenvalue weighted by Crippen LogP contribution is -1.69. The van der Waals surface area contributed by atoms with Gasteiger partial charge in [-0.1, -0.05) is 6.32 Å². The minimum Gasteiger partial charge on any atom is -0.166 e. The van der Waals surface area contributed by atoms with Crippen molar-refractivity contribution in [3.63, 3.8) is 0 Å². The highest BCUT2D eigenvalue weighted by atomic mass is 32.2. The first-order valence-corrected chi connectivity index (χ1v) is 3.00. The topological polar surface area (TPSA) is 0 Å². The summed E-state index contributed by atoms with van der Waals surface area (Å²) in [7, 11) is 5.12. The van der Waals surface area contributed by atoms with E-state index in [1.807, 2.05) is 6.26 Å². The summed E-state index contributed by atoms with van der Waals surface area (Å²) in [4.78, 5) is 0. The minimum atomic E-state index is 0.807. The summed E-state index contributed by atoms with van der Waals surface area (Å²) in [6.45, 7) is 0.